The van der Waals surface area contributed by atoms with Crippen molar-refractivity contribution in [3.05, 3.63) is 66.5 Å². The van der Waals surface area contributed by atoms with Crippen molar-refractivity contribution in [2.75, 3.05) is 30.0 Å². The average Bonchev–Trinajstić information content (AvgIpc) is 3.19. The highest BCUT2D eigenvalue weighted by molar-refractivity contribution is 6.03. The van der Waals surface area contributed by atoms with E-state index in [-0.39, 0.29) is 24.2 Å². The van der Waals surface area contributed by atoms with E-state index in [4.69, 9.17) is 0 Å². The molecule has 0 unspecified atom stereocenters. The van der Waals surface area contributed by atoms with Crippen LogP contribution in [-0.2, 0) is 11.3 Å². The smallest absolute Gasteiger partial charge is 0.323 e. The SMILES string of the molecule is CN(C)C(=O)Cn1cc(C(=O)Nc2ccc(NC(=O)Nc3ccccc3)cc2)nn1. The number of carbonyl (C=O) groups is 3. The van der Waals surface area contributed by atoms with Gasteiger partial charge in [0.1, 0.15) is 6.54 Å². The standard InChI is InChI=1S/C20H21N7O3/c1-26(2)18(28)13-27-12-17(24-25-27)19(29)21-15-8-10-16(11-9-15)23-20(30)22-14-6-4-3-5-7-14/h3-12H,13H2,1-2H3,(H,21,29)(H2,22,23,30). The number of hydrogen-bond acceptors (Lipinski definition) is 5. The summed E-state index contributed by atoms with van der Waals surface area (Å²) in [6.07, 6.45) is 1.40. The van der Waals surface area contributed by atoms with Crippen molar-refractivity contribution >= 4 is 34.9 Å². The van der Waals surface area contributed by atoms with Gasteiger partial charge in [0.15, 0.2) is 5.69 Å². The number of amides is 4. The minimum Gasteiger partial charge on any atom is -0.347 e. The first-order valence-corrected chi connectivity index (χ1v) is 9.05. The van der Waals surface area contributed by atoms with E-state index in [1.165, 1.54) is 15.8 Å². The molecule has 0 aliphatic carbocycles. The highest BCUT2D eigenvalue weighted by atomic mass is 16.2. The molecule has 0 atom stereocenters. The molecule has 3 aromatic rings. The van der Waals surface area contributed by atoms with Crippen LogP contribution < -0.4 is 16.0 Å². The van der Waals surface area contributed by atoms with Crippen LogP contribution in [0.2, 0.25) is 0 Å². The Kier molecular flexibility index (Phi) is 6.38. The predicted molar refractivity (Wildman–Crippen MR) is 112 cm³/mol. The summed E-state index contributed by atoms with van der Waals surface area (Å²) in [4.78, 5) is 37.4. The van der Waals surface area contributed by atoms with Crippen molar-refractivity contribution in [3.8, 4) is 0 Å². The Hall–Kier alpha value is -4.21. The molecule has 4 amide bonds. The lowest BCUT2D eigenvalue weighted by atomic mass is 10.2. The highest BCUT2D eigenvalue weighted by Gasteiger charge is 2.13. The van der Waals surface area contributed by atoms with Crippen molar-refractivity contribution in [1.82, 2.24) is 19.9 Å². The normalized spacial score (nSPS) is 10.2. The van der Waals surface area contributed by atoms with Gasteiger partial charge in [-0.3, -0.25) is 9.59 Å². The lowest BCUT2D eigenvalue weighted by Crippen LogP contribution is -2.26. The predicted octanol–water partition coefficient (Wildman–Crippen LogP) is 2.26. The third-order valence-electron chi connectivity index (χ3n) is 4.00. The quantitative estimate of drug-likeness (QED) is 0.579. The molecule has 0 radical (unpaired) electrons. The maximum atomic E-state index is 12.3. The van der Waals surface area contributed by atoms with Crippen LogP contribution in [0.25, 0.3) is 0 Å². The summed E-state index contributed by atoms with van der Waals surface area (Å²) in [5, 5.41) is 15.7. The van der Waals surface area contributed by atoms with Crippen LogP contribution in [-0.4, -0.2) is 51.8 Å². The van der Waals surface area contributed by atoms with Gasteiger partial charge in [-0.2, -0.15) is 0 Å². The van der Waals surface area contributed by atoms with Crippen LogP contribution in [0.15, 0.2) is 60.8 Å². The van der Waals surface area contributed by atoms with E-state index in [1.54, 1.807) is 50.5 Å². The summed E-state index contributed by atoms with van der Waals surface area (Å²) in [7, 11) is 3.27. The van der Waals surface area contributed by atoms with Gasteiger partial charge in [-0.1, -0.05) is 23.4 Å². The second kappa shape index (κ2) is 9.32. The number of rotatable bonds is 6. The van der Waals surface area contributed by atoms with Crippen LogP contribution in [0, 0.1) is 0 Å². The molecule has 0 fully saturated rings. The first-order valence-electron chi connectivity index (χ1n) is 9.05. The van der Waals surface area contributed by atoms with Gasteiger partial charge >= 0.3 is 6.03 Å². The molecule has 10 nitrogen and oxygen atoms in total. The maximum Gasteiger partial charge on any atom is 0.323 e. The Balaban J connectivity index is 1.54. The van der Waals surface area contributed by atoms with Crippen LogP contribution >= 0.6 is 0 Å². The lowest BCUT2D eigenvalue weighted by molar-refractivity contribution is -0.129. The van der Waals surface area contributed by atoms with Crippen LogP contribution in [0.3, 0.4) is 0 Å². The first-order chi connectivity index (χ1) is 14.4. The number of nitrogens with zero attached hydrogens (tertiary/aromatic N) is 4. The summed E-state index contributed by atoms with van der Waals surface area (Å²) < 4.78 is 1.30. The zero-order valence-corrected chi connectivity index (χ0v) is 16.5. The lowest BCUT2D eigenvalue weighted by Gasteiger charge is -2.09. The van der Waals surface area contributed by atoms with Crippen LogP contribution in [0.5, 0.6) is 0 Å². The molecule has 30 heavy (non-hydrogen) atoms. The van der Waals surface area contributed by atoms with Gasteiger partial charge in [-0.15, -0.1) is 5.10 Å². The molecule has 3 rings (SSSR count). The number of urea groups is 1. The third-order valence-corrected chi connectivity index (χ3v) is 4.00. The van der Waals surface area contributed by atoms with E-state index in [9.17, 15) is 14.4 Å². The Morgan fingerprint density at radius 2 is 1.43 bits per heavy atom. The van der Waals surface area contributed by atoms with Gasteiger partial charge in [0.2, 0.25) is 5.91 Å². The van der Waals surface area contributed by atoms with Crippen molar-refractivity contribution in [2.24, 2.45) is 0 Å². The molecule has 10 heteroatoms. The van der Waals surface area contributed by atoms with Gasteiger partial charge in [-0.05, 0) is 36.4 Å². The molecular weight excluding hydrogens is 386 g/mol. The largest absolute Gasteiger partial charge is 0.347 e. The van der Waals surface area contributed by atoms with E-state index in [0.29, 0.717) is 17.1 Å². The zero-order chi connectivity index (χ0) is 21.5. The van der Waals surface area contributed by atoms with E-state index in [1.807, 2.05) is 18.2 Å². The fourth-order valence-electron chi connectivity index (χ4n) is 2.41. The van der Waals surface area contributed by atoms with E-state index >= 15 is 0 Å². The van der Waals surface area contributed by atoms with E-state index in [0.717, 1.165) is 0 Å². The van der Waals surface area contributed by atoms with Gasteiger partial charge in [-0.25, -0.2) is 9.48 Å². The van der Waals surface area contributed by atoms with Crippen molar-refractivity contribution < 1.29 is 14.4 Å². The number of aromatic nitrogens is 3. The Morgan fingerprint density at radius 1 is 0.867 bits per heavy atom. The fourth-order valence-corrected chi connectivity index (χ4v) is 2.41. The zero-order valence-electron chi connectivity index (χ0n) is 16.5. The van der Waals surface area contributed by atoms with Gasteiger partial charge < -0.3 is 20.9 Å². The number of likely N-dealkylation sites (N-methyl/N-ethyl adjacent to an activating group) is 1. The summed E-state index contributed by atoms with van der Waals surface area (Å²) in [5.74, 6) is -0.618. The number of nitrogens with one attached hydrogen (secondary N) is 3. The molecule has 0 saturated heterocycles. The molecule has 0 bridgehead atoms. The number of para-hydroxylation sites is 1. The molecule has 3 N–H and O–H groups in total. The molecule has 1 heterocycles. The summed E-state index contributed by atoms with van der Waals surface area (Å²) in [6, 6.07) is 15.3. The minimum absolute atomic E-state index is 0.00130. The molecule has 0 aliphatic rings. The number of benzene rings is 2. The third kappa shape index (κ3) is 5.64. The van der Waals surface area contributed by atoms with Crippen LogP contribution in [0.1, 0.15) is 10.5 Å². The van der Waals surface area contributed by atoms with Crippen molar-refractivity contribution in [3.63, 3.8) is 0 Å². The van der Waals surface area contributed by atoms with Crippen molar-refractivity contribution in [2.45, 2.75) is 6.54 Å². The molecule has 154 valence electrons. The monoisotopic (exact) mass is 407 g/mol. The minimum atomic E-state index is -0.457. The summed E-state index contributed by atoms with van der Waals surface area (Å²) in [5.41, 5.74) is 1.85. The van der Waals surface area contributed by atoms with E-state index < -0.39 is 5.91 Å². The second-order valence-corrected chi connectivity index (χ2v) is 6.57. The van der Waals surface area contributed by atoms with Gasteiger partial charge in [0.05, 0.1) is 6.20 Å². The molecule has 1 aromatic heterocycles. The van der Waals surface area contributed by atoms with Crippen molar-refractivity contribution in [1.29, 1.82) is 0 Å². The molecule has 0 spiro atoms. The van der Waals surface area contributed by atoms with Gasteiger partial charge in [0, 0.05) is 31.2 Å². The van der Waals surface area contributed by atoms with Gasteiger partial charge in [0.25, 0.3) is 5.91 Å². The summed E-state index contributed by atoms with van der Waals surface area (Å²) >= 11 is 0. The average molecular weight is 407 g/mol. The number of carbonyl (C=O) groups excluding carboxylic acids is 3. The highest BCUT2D eigenvalue weighted by Crippen LogP contribution is 2.15. The molecule has 0 aliphatic heterocycles. The number of hydrogen-bond donors (Lipinski definition) is 3. The van der Waals surface area contributed by atoms with E-state index in [2.05, 4.69) is 26.3 Å². The Labute approximate surface area is 172 Å². The Bertz CT molecular complexity index is 1030. The molecular formula is C20H21N7O3. The second-order valence-electron chi connectivity index (χ2n) is 6.57. The molecule has 2 aromatic carbocycles. The molecule has 0 saturated carbocycles. The maximum absolute atomic E-state index is 12.3. The summed E-state index contributed by atoms with van der Waals surface area (Å²) in [6.45, 7) is -0.00130. The fraction of sp³-hybridized carbons (Fsp3) is 0.150. The van der Waals surface area contributed by atoms with Crippen LogP contribution in [0.4, 0.5) is 21.9 Å². The number of anilines is 3. The topological polar surface area (TPSA) is 121 Å². The Morgan fingerprint density at radius 3 is 2.03 bits per heavy atom. The first kappa shape index (κ1) is 20.5.